The Kier molecular flexibility index (Phi) is 31.7. The summed E-state index contributed by atoms with van der Waals surface area (Å²) in [5, 5.41) is 0. The lowest BCUT2D eigenvalue weighted by atomic mass is 10.1. The fraction of sp³-hybridized carbons (Fsp3) is 0.833. The Hall–Kier alpha value is -1.94. The van der Waals surface area contributed by atoms with Crippen molar-refractivity contribution < 1.29 is 19.4 Å². The molecule has 0 atom stereocenters. The van der Waals surface area contributed by atoms with Gasteiger partial charge in [0.1, 0.15) is 0 Å². The van der Waals surface area contributed by atoms with Crippen LogP contribution in [0.3, 0.4) is 0 Å². The summed E-state index contributed by atoms with van der Waals surface area (Å²) in [6.07, 6.45) is 30.7. The molecule has 0 saturated carbocycles. The zero-order valence-electron chi connectivity index (χ0n) is 26.4. The molecule has 0 aromatic heterocycles. The molecule has 0 aromatic carbocycles. The highest BCUT2D eigenvalue weighted by Gasteiger charge is 2.09. The van der Waals surface area contributed by atoms with Crippen molar-refractivity contribution >= 4 is 11.9 Å². The van der Waals surface area contributed by atoms with Gasteiger partial charge in [-0.25, -0.2) is 19.4 Å². The van der Waals surface area contributed by atoms with E-state index in [1.807, 2.05) is 0 Å². The van der Waals surface area contributed by atoms with Crippen LogP contribution < -0.4 is 0 Å². The topological polar surface area (TPSA) is 52.6 Å². The van der Waals surface area contributed by atoms with E-state index in [-0.39, 0.29) is 0 Å². The number of hydrogen-bond donors (Lipinski definition) is 0. The van der Waals surface area contributed by atoms with E-state index in [0.29, 0.717) is 12.8 Å². The Balaban J connectivity index is 3.39. The number of carbonyl (C=O) groups excluding carboxylic acids is 2. The van der Waals surface area contributed by atoms with Crippen molar-refractivity contribution in [1.29, 1.82) is 0 Å². The molecule has 0 aromatic rings. The van der Waals surface area contributed by atoms with Gasteiger partial charge >= 0.3 is 11.9 Å². The molecule has 0 fully saturated rings. The molecule has 0 amide bonds. The molecule has 4 heteroatoms. The van der Waals surface area contributed by atoms with Crippen molar-refractivity contribution in [2.45, 2.75) is 194 Å². The third kappa shape index (κ3) is 32.3. The van der Waals surface area contributed by atoms with Gasteiger partial charge in [-0.2, -0.15) is 0 Å². The molecular formula is C36H62O4. The van der Waals surface area contributed by atoms with Gasteiger partial charge in [-0.05, 0) is 38.5 Å². The molecule has 230 valence electrons. The standard InChI is InChI=1S/C36H62O4/c1-3-5-7-9-11-13-15-17-19-21-23-25-27-29-31-33-35(37)39-40-36(38)34-32-30-28-26-24-22-20-18-16-14-12-10-8-6-4-2/h3-16,21-34H2,1-2H3. The van der Waals surface area contributed by atoms with Gasteiger partial charge in [-0.15, -0.1) is 23.7 Å². The zero-order chi connectivity index (χ0) is 29.2. The highest BCUT2D eigenvalue weighted by atomic mass is 17.2. The van der Waals surface area contributed by atoms with Crippen LogP contribution >= 0.6 is 0 Å². The van der Waals surface area contributed by atoms with Gasteiger partial charge in [0, 0.05) is 25.7 Å². The largest absolute Gasteiger partial charge is 0.355 e. The van der Waals surface area contributed by atoms with Gasteiger partial charge in [-0.1, -0.05) is 117 Å². The lowest BCUT2D eigenvalue weighted by molar-refractivity contribution is -0.259. The van der Waals surface area contributed by atoms with Crippen LogP contribution in [0.25, 0.3) is 0 Å². The molecule has 0 heterocycles. The van der Waals surface area contributed by atoms with E-state index in [1.165, 1.54) is 77.0 Å². The van der Waals surface area contributed by atoms with Crippen LogP contribution in [0, 0.1) is 23.7 Å². The van der Waals surface area contributed by atoms with Crippen molar-refractivity contribution in [1.82, 2.24) is 0 Å². The minimum atomic E-state index is -0.452. The maximum Gasteiger partial charge on any atom is 0.355 e. The molecule has 40 heavy (non-hydrogen) atoms. The van der Waals surface area contributed by atoms with E-state index in [0.717, 1.165) is 89.9 Å². The number of rotatable bonds is 26. The second kappa shape index (κ2) is 33.3. The van der Waals surface area contributed by atoms with Crippen LogP contribution in [0.5, 0.6) is 0 Å². The average molecular weight is 559 g/mol. The predicted molar refractivity (Wildman–Crippen MR) is 168 cm³/mol. The Morgan fingerprint density at radius 1 is 0.375 bits per heavy atom. The molecule has 0 aliphatic heterocycles. The fourth-order valence-corrected chi connectivity index (χ4v) is 4.54. The summed E-state index contributed by atoms with van der Waals surface area (Å²) in [6.45, 7) is 4.50. The third-order valence-corrected chi connectivity index (χ3v) is 7.15. The lowest BCUT2D eigenvalue weighted by Gasteiger charge is -2.04. The third-order valence-electron chi connectivity index (χ3n) is 7.15. The Bertz CT molecular complexity index is 631. The summed E-state index contributed by atoms with van der Waals surface area (Å²) >= 11 is 0. The molecule has 0 N–H and O–H groups in total. The van der Waals surface area contributed by atoms with Crippen LogP contribution in [-0.4, -0.2) is 11.9 Å². The number of hydrogen-bond acceptors (Lipinski definition) is 4. The van der Waals surface area contributed by atoms with Crippen LogP contribution in [0.15, 0.2) is 0 Å². The van der Waals surface area contributed by atoms with Crippen molar-refractivity contribution in [2.24, 2.45) is 0 Å². The zero-order valence-corrected chi connectivity index (χ0v) is 26.4. The van der Waals surface area contributed by atoms with Crippen LogP contribution in [0.2, 0.25) is 0 Å². The first kappa shape index (κ1) is 38.1. The molecule has 0 rings (SSSR count). The van der Waals surface area contributed by atoms with Crippen LogP contribution in [0.4, 0.5) is 0 Å². The molecule has 0 bridgehead atoms. The SMILES string of the molecule is CCCCCCCCC#CCCCCCCCC(=O)OOC(=O)CCCCCCCC#CCCCCCCCC. The summed E-state index contributed by atoms with van der Waals surface area (Å²) in [7, 11) is 0. The maximum atomic E-state index is 11.8. The first-order valence-electron chi connectivity index (χ1n) is 17.0. The van der Waals surface area contributed by atoms with Crippen molar-refractivity contribution in [3.63, 3.8) is 0 Å². The Morgan fingerprint density at radius 2 is 0.625 bits per heavy atom. The van der Waals surface area contributed by atoms with Gasteiger partial charge in [0.15, 0.2) is 0 Å². The van der Waals surface area contributed by atoms with Crippen molar-refractivity contribution in [3.05, 3.63) is 0 Å². The van der Waals surface area contributed by atoms with E-state index in [2.05, 4.69) is 47.3 Å². The monoisotopic (exact) mass is 558 g/mol. The minimum absolute atomic E-state index is 0.299. The van der Waals surface area contributed by atoms with E-state index in [1.54, 1.807) is 0 Å². The van der Waals surface area contributed by atoms with Crippen LogP contribution in [0.1, 0.15) is 194 Å². The van der Waals surface area contributed by atoms with Gasteiger partial charge in [0.2, 0.25) is 0 Å². The quantitative estimate of drug-likeness (QED) is 0.0458. The maximum absolute atomic E-state index is 11.8. The highest BCUT2D eigenvalue weighted by Crippen LogP contribution is 2.11. The smallest absolute Gasteiger partial charge is 0.247 e. The van der Waals surface area contributed by atoms with Crippen LogP contribution in [-0.2, 0) is 19.4 Å². The molecule has 0 saturated heterocycles. The molecule has 4 nitrogen and oxygen atoms in total. The second-order valence-electron chi connectivity index (χ2n) is 11.2. The number of carbonyl (C=O) groups is 2. The molecule has 0 radical (unpaired) electrons. The Morgan fingerprint density at radius 3 is 0.925 bits per heavy atom. The summed E-state index contributed by atoms with van der Waals surface area (Å²) < 4.78 is 0. The van der Waals surface area contributed by atoms with E-state index in [4.69, 9.17) is 0 Å². The van der Waals surface area contributed by atoms with Gasteiger partial charge in [-0.3, -0.25) is 0 Å². The summed E-state index contributed by atoms with van der Waals surface area (Å²) in [6, 6.07) is 0. The molecule has 0 spiro atoms. The fourth-order valence-electron chi connectivity index (χ4n) is 4.54. The molecule has 0 aliphatic carbocycles. The molecule has 0 aliphatic rings. The summed E-state index contributed by atoms with van der Waals surface area (Å²) in [5.74, 6) is 12.3. The first-order valence-corrected chi connectivity index (χ1v) is 17.0. The first-order chi connectivity index (χ1) is 19.7. The Labute approximate surface area is 248 Å². The summed E-state index contributed by atoms with van der Waals surface area (Å²) in [5.41, 5.74) is 0. The lowest BCUT2D eigenvalue weighted by Crippen LogP contribution is -2.11. The highest BCUT2D eigenvalue weighted by molar-refractivity contribution is 5.72. The summed E-state index contributed by atoms with van der Waals surface area (Å²) in [4.78, 5) is 32.9. The average Bonchev–Trinajstić information content (AvgIpc) is 2.96. The van der Waals surface area contributed by atoms with E-state index < -0.39 is 11.9 Å². The van der Waals surface area contributed by atoms with E-state index in [9.17, 15) is 9.59 Å². The van der Waals surface area contributed by atoms with Crippen molar-refractivity contribution in [3.8, 4) is 23.7 Å². The minimum Gasteiger partial charge on any atom is -0.247 e. The molecule has 0 unspecified atom stereocenters. The van der Waals surface area contributed by atoms with Gasteiger partial charge < -0.3 is 0 Å². The van der Waals surface area contributed by atoms with Crippen molar-refractivity contribution in [2.75, 3.05) is 0 Å². The number of unbranched alkanes of at least 4 members (excludes halogenated alkanes) is 22. The predicted octanol–water partition coefficient (Wildman–Crippen LogP) is 11.0. The normalized spacial score (nSPS) is 10.3. The van der Waals surface area contributed by atoms with Gasteiger partial charge in [0.05, 0.1) is 12.8 Å². The molecular weight excluding hydrogens is 496 g/mol. The van der Waals surface area contributed by atoms with E-state index >= 15 is 0 Å². The van der Waals surface area contributed by atoms with Gasteiger partial charge in [0.25, 0.3) is 0 Å². The second-order valence-corrected chi connectivity index (χ2v) is 11.2.